The molecule has 26 heavy (non-hydrogen) atoms. The first-order valence-electron chi connectivity index (χ1n) is 9.79. The van der Waals surface area contributed by atoms with E-state index < -0.39 is 0 Å². The van der Waals surface area contributed by atoms with Crippen LogP contribution in [0.15, 0.2) is 35.6 Å². The molecule has 4 aliphatic rings. The molecule has 4 bridgehead atoms. The van der Waals surface area contributed by atoms with E-state index in [1.54, 1.807) is 18.1 Å². The minimum Gasteiger partial charge on any atom is -0.350 e. The summed E-state index contributed by atoms with van der Waals surface area (Å²) in [7, 11) is 0. The number of hydrogen-bond acceptors (Lipinski definition) is 4. The average molecular weight is 368 g/mol. The topological polar surface area (TPSA) is 54.9 Å². The SMILES string of the molecule is C[C@@H](Sc1ncnc2ccccc12)C(=O)NC12CC3CC(CC(C3)C1)C2. The largest absolute Gasteiger partial charge is 0.350 e. The second-order valence-electron chi connectivity index (χ2n) is 8.64. The average Bonchev–Trinajstić information content (AvgIpc) is 2.60. The Morgan fingerprint density at radius 1 is 1.12 bits per heavy atom. The van der Waals surface area contributed by atoms with Crippen LogP contribution in [-0.4, -0.2) is 26.7 Å². The Balaban J connectivity index is 1.31. The van der Waals surface area contributed by atoms with Crippen molar-refractivity contribution in [1.82, 2.24) is 15.3 Å². The van der Waals surface area contributed by atoms with Crippen molar-refractivity contribution >= 4 is 28.6 Å². The lowest BCUT2D eigenvalue weighted by atomic mass is 9.53. The summed E-state index contributed by atoms with van der Waals surface area (Å²) in [5, 5.41) is 5.25. The Kier molecular flexibility index (Phi) is 3.96. The number of nitrogens with zero attached hydrogens (tertiary/aromatic N) is 2. The zero-order chi connectivity index (χ0) is 17.7. The molecule has 4 nitrogen and oxygen atoms in total. The number of carbonyl (C=O) groups excluding carboxylic acids is 1. The highest BCUT2D eigenvalue weighted by Gasteiger charge is 2.51. The van der Waals surface area contributed by atoms with Crippen molar-refractivity contribution in [2.24, 2.45) is 17.8 Å². The minimum absolute atomic E-state index is 0.0778. The quantitative estimate of drug-likeness (QED) is 0.650. The lowest BCUT2D eigenvalue weighted by Crippen LogP contribution is -2.60. The first kappa shape index (κ1) is 16.5. The normalized spacial score (nSPS) is 33.3. The molecule has 4 saturated carbocycles. The summed E-state index contributed by atoms with van der Waals surface area (Å²) in [6.45, 7) is 2.00. The van der Waals surface area contributed by atoms with Gasteiger partial charge in [-0.3, -0.25) is 4.79 Å². The lowest BCUT2D eigenvalue weighted by Gasteiger charge is -2.57. The van der Waals surface area contributed by atoms with E-state index in [0.717, 1.165) is 33.7 Å². The summed E-state index contributed by atoms with van der Waals surface area (Å²) in [6.07, 6.45) is 9.36. The van der Waals surface area contributed by atoms with E-state index in [9.17, 15) is 4.79 Å². The number of thioether (sulfide) groups is 1. The molecular weight excluding hydrogens is 342 g/mol. The van der Waals surface area contributed by atoms with Gasteiger partial charge in [0.1, 0.15) is 11.4 Å². The maximum atomic E-state index is 13.0. The number of hydrogen-bond donors (Lipinski definition) is 1. The standard InChI is InChI=1S/C21H25N3OS/c1-13(26-20-17-4-2-3-5-18(17)22-12-23-20)19(25)24-21-9-14-6-15(10-21)8-16(7-14)11-21/h2-5,12-16H,6-11H2,1H3,(H,24,25)/t13-,14?,15?,16?,21?/m1/s1. The first-order valence-corrected chi connectivity index (χ1v) is 10.7. The van der Waals surface area contributed by atoms with E-state index in [1.165, 1.54) is 38.5 Å². The van der Waals surface area contributed by atoms with E-state index in [-0.39, 0.29) is 16.7 Å². The highest BCUT2D eigenvalue weighted by molar-refractivity contribution is 8.00. The van der Waals surface area contributed by atoms with Crippen LogP contribution >= 0.6 is 11.8 Å². The fourth-order valence-corrected chi connectivity index (χ4v) is 6.83. The molecule has 0 aliphatic heterocycles. The number of fused-ring (bicyclic) bond motifs is 1. The summed E-state index contributed by atoms with van der Waals surface area (Å²) in [5.74, 6) is 2.69. The molecule has 1 N–H and O–H groups in total. The third kappa shape index (κ3) is 2.90. The van der Waals surface area contributed by atoms with Crippen molar-refractivity contribution in [1.29, 1.82) is 0 Å². The van der Waals surface area contributed by atoms with Gasteiger partial charge in [-0.05, 0) is 69.3 Å². The van der Waals surface area contributed by atoms with E-state index in [0.29, 0.717) is 0 Å². The maximum absolute atomic E-state index is 13.0. The van der Waals surface area contributed by atoms with Crippen molar-refractivity contribution in [3.8, 4) is 0 Å². The molecule has 1 heterocycles. The predicted octanol–water partition coefficient (Wildman–Crippen LogP) is 4.20. The van der Waals surface area contributed by atoms with E-state index in [4.69, 9.17) is 0 Å². The highest BCUT2D eigenvalue weighted by Crippen LogP contribution is 2.55. The van der Waals surface area contributed by atoms with E-state index >= 15 is 0 Å². The zero-order valence-corrected chi connectivity index (χ0v) is 16.0. The number of nitrogens with one attached hydrogen (secondary N) is 1. The number of aromatic nitrogens is 2. The van der Waals surface area contributed by atoms with E-state index in [1.807, 2.05) is 31.2 Å². The summed E-state index contributed by atoms with van der Waals surface area (Å²) < 4.78 is 0. The van der Waals surface area contributed by atoms with Gasteiger partial charge in [0, 0.05) is 10.9 Å². The van der Waals surface area contributed by atoms with Crippen LogP contribution < -0.4 is 5.32 Å². The molecular formula is C21H25N3OS. The monoisotopic (exact) mass is 367 g/mol. The predicted molar refractivity (Wildman–Crippen MR) is 104 cm³/mol. The van der Waals surface area contributed by atoms with Crippen molar-refractivity contribution in [2.45, 2.75) is 61.3 Å². The van der Waals surface area contributed by atoms with Crippen molar-refractivity contribution in [3.05, 3.63) is 30.6 Å². The Morgan fingerprint density at radius 2 is 1.77 bits per heavy atom. The lowest BCUT2D eigenvalue weighted by molar-refractivity contribution is -0.126. The van der Waals surface area contributed by atoms with Gasteiger partial charge in [-0.25, -0.2) is 9.97 Å². The summed E-state index contributed by atoms with van der Waals surface area (Å²) >= 11 is 1.55. The van der Waals surface area contributed by atoms with Gasteiger partial charge in [-0.1, -0.05) is 30.0 Å². The second kappa shape index (κ2) is 6.22. The molecule has 4 aliphatic carbocycles. The van der Waals surface area contributed by atoms with Crippen molar-refractivity contribution in [2.75, 3.05) is 0 Å². The molecule has 136 valence electrons. The number of rotatable bonds is 4. The van der Waals surface area contributed by atoms with Gasteiger partial charge in [0.15, 0.2) is 0 Å². The van der Waals surface area contributed by atoms with Crippen molar-refractivity contribution in [3.63, 3.8) is 0 Å². The van der Waals surface area contributed by atoms with Crippen LogP contribution in [0.3, 0.4) is 0 Å². The molecule has 6 rings (SSSR count). The van der Waals surface area contributed by atoms with Gasteiger partial charge in [-0.2, -0.15) is 0 Å². The zero-order valence-electron chi connectivity index (χ0n) is 15.1. The summed E-state index contributed by atoms with van der Waals surface area (Å²) in [5.41, 5.74) is 1.01. The van der Waals surface area contributed by atoms with Gasteiger partial charge in [0.2, 0.25) is 5.91 Å². The fourth-order valence-electron chi connectivity index (χ4n) is 5.92. The molecule has 0 saturated heterocycles. The third-order valence-corrected chi connectivity index (χ3v) is 7.71. The smallest absolute Gasteiger partial charge is 0.233 e. The van der Waals surface area contributed by atoms with Crippen molar-refractivity contribution < 1.29 is 4.79 Å². The van der Waals surface area contributed by atoms with Gasteiger partial charge in [-0.15, -0.1) is 0 Å². The van der Waals surface area contributed by atoms with Crippen LogP contribution in [0.1, 0.15) is 45.4 Å². The molecule has 1 amide bonds. The van der Waals surface area contributed by atoms with E-state index in [2.05, 4.69) is 15.3 Å². The molecule has 0 spiro atoms. The minimum atomic E-state index is -0.152. The number of carbonyl (C=O) groups is 1. The fraction of sp³-hybridized carbons (Fsp3) is 0.571. The summed E-state index contributed by atoms with van der Waals surface area (Å²) in [4.78, 5) is 21.7. The maximum Gasteiger partial charge on any atom is 0.233 e. The third-order valence-electron chi connectivity index (χ3n) is 6.59. The Morgan fingerprint density at radius 3 is 2.46 bits per heavy atom. The molecule has 1 atom stereocenters. The molecule has 0 unspecified atom stereocenters. The molecule has 2 aromatic rings. The van der Waals surface area contributed by atoms with Crippen LogP contribution in [0.5, 0.6) is 0 Å². The van der Waals surface area contributed by atoms with Crippen LogP contribution in [0.4, 0.5) is 0 Å². The van der Waals surface area contributed by atoms with Crippen LogP contribution in [0, 0.1) is 17.8 Å². The molecule has 1 aromatic carbocycles. The Bertz CT molecular complexity index is 811. The van der Waals surface area contributed by atoms with Gasteiger partial charge in [0.05, 0.1) is 10.8 Å². The second-order valence-corrected chi connectivity index (χ2v) is 9.97. The highest BCUT2D eigenvalue weighted by atomic mass is 32.2. The van der Waals surface area contributed by atoms with Crippen LogP contribution in [-0.2, 0) is 4.79 Å². The Hall–Kier alpha value is -1.62. The van der Waals surface area contributed by atoms with Crippen LogP contribution in [0.2, 0.25) is 0 Å². The number of benzene rings is 1. The summed E-state index contributed by atoms with van der Waals surface area (Å²) in [6, 6.07) is 7.99. The van der Waals surface area contributed by atoms with Crippen LogP contribution in [0.25, 0.3) is 10.9 Å². The first-order chi connectivity index (χ1) is 12.6. The van der Waals surface area contributed by atoms with Gasteiger partial charge >= 0.3 is 0 Å². The molecule has 5 heteroatoms. The molecule has 1 aromatic heterocycles. The number of para-hydroxylation sites is 1. The van der Waals surface area contributed by atoms with Gasteiger partial charge < -0.3 is 5.32 Å². The Labute approximate surface area is 158 Å². The molecule has 4 fully saturated rings. The molecule has 0 radical (unpaired) electrons. The van der Waals surface area contributed by atoms with Gasteiger partial charge in [0.25, 0.3) is 0 Å². The number of amides is 1.